The van der Waals surface area contributed by atoms with Gasteiger partial charge in [-0.2, -0.15) is 0 Å². The second-order valence-electron chi connectivity index (χ2n) is 5.54. The molecule has 0 atom stereocenters. The summed E-state index contributed by atoms with van der Waals surface area (Å²) in [6, 6.07) is 6.21. The molecule has 1 aliphatic carbocycles. The fourth-order valence-electron chi connectivity index (χ4n) is 2.78. The van der Waals surface area contributed by atoms with Crippen molar-refractivity contribution in [3.8, 4) is 11.5 Å². The second-order valence-corrected chi connectivity index (χ2v) is 5.54. The van der Waals surface area contributed by atoms with Crippen LogP contribution in [0.15, 0.2) is 18.2 Å². The summed E-state index contributed by atoms with van der Waals surface area (Å²) in [4.78, 5) is 12.0. The maximum Gasteiger partial charge on any atom is 0.231 e. The molecule has 1 aromatic rings. The summed E-state index contributed by atoms with van der Waals surface area (Å²) in [5.74, 6) is 1.53. The van der Waals surface area contributed by atoms with E-state index in [1.807, 2.05) is 18.2 Å². The minimum Gasteiger partial charge on any atom is -0.454 e. The average molecular weight is 313 g/mol. The number of rotatable bonds is 3. The van der Waals surface area contributed by atoms with Crippen LogP contribution in [0, 0.1) is 0 Å². The van der Waals surface area contributed by atoms with Crippen LogP contribution in [0.25, 0.3) is 0 Å². The first-order valence-corrected chi connectivity index (χ1v) is 7.14. The SMILES string of the molecule is Cl.NC1CCC(NC(=O)Cc2ccc3c(c2)OCO3)CC1. The molecule has 0 aromatic heterocycles. The van der Waals surface area contributed by atoms with Crippen LogP contribution in [-0.4, -0.2) is 24.8 Å². The fraction of sp³-hybridized carbons (Fsp3) is 0.533. The van der Waals surface area contributed by atoms with Crippen LogP contribution in [0.2, 0.25) is 0 Å². The van der Waals surface area contributed by atoms with Gasteiger partial charge in [-0.25, -0.2) is 0 Å². The van der Waals surface area contributed by atoms with Gasteiger partial charge in [0.05, 0.1) is 6.42 Å². The summed E-state index contributed by atoms with van der Waals surface area (Å²) >= 11 is 0. The Bertz CT molecular complexity index is 502. The van der Waals surface area contributed by atoms with E-state index < -0.39 is 0 Å². The molecule has 5 nitrogen and oxygen atoms in total. The van der Waals surface area contributed by atoms with Gasteiger partial charge in [-0.1, -0.05) is 6.07 Å². The van der Waals surface area contributed by atoms with Crippen molar-refractivity contribution in [1.82, 2.24) is 5.32 Å². The van der Waals surface area contributed by atoms with Crippen LogP contribution in [-0.2, 0) is 11.2 Å². The zero-order chi connectivity index (χ0) is 13.9. The third-order valence-corrected chi connectivity index (χ3v) is 3.94. The molecule has 21 heavy (non-hydrogen) atoms. The monoisotopic (exact) mass is 312 g/mol. The van der Waals surface area contributed by atoms with Crippen molar-refractivity contribution in [2.45, 2.75) is 44.2 Å². The Balaban J connectivity index is 0.00000161. The van der Waals surface area contributed by atoms with E-state index in [0.29, 0.717) is 12.5 Å². The Hall–Kier alpha value is -1.46. The van der Waals surface area contributed by atoms with Crippen LogP contribution in [0.4, 0.5) is 0 Å². The summed E-state index contributed by atoms with van der Waals surface area (Å²) < 4.78 is 10.6. The molecule has 0 unspecified atom stereocenters. The highest BCUT2D eigenvalue weighted by atomic mass is 35.5. The lowest BCUT2D eigenvalue weighted by Crippen LogP contribution is -2.41. The van der Waals surface area contributed by atoms with E-state index in [1.165, 1.54) is 0 Å². The molecule has 3 rings (SSSR count). The molecule has 0 radical (unpaired) electrons. The summed E-state index contributed by atoms with van der Waals surface area (Å²) in [7, 11) is 0. The fourth-order valence-corrected chi connectivity index (χ4v) is 2.78. The van der Waals surface area contributed by atoms with Crippen LogP contribution in [0.3, 0.4) is 0 Å². The van der Waals surface area contributed by atoms with E-state index in [0.717, 1.165) is 42.7 Å². The zero-order valence-electron chi connectivity index (χ0n) is 11.8. The number of carbonyl (C=O) groups is 1. The summed E-state index contributed by atoms with van der Waals surface area (Å²) in [6.45, 7) is 0.257. The third-order valence-electron chi connectivity index (χ3n) is 3.94. The van der Waals surface area contributed by atoms with E-state index in [-0.39, 0.29) is 31.1 Å². The average Bonchev–Trinajstić information content (AvgIpc) is 2.89. The molecule has 2 aliphatic rings. The molecule has 1 saturated carbocycles. The van der Waals surface area contributed by atoms with Gasteiger partial charge < -0.3 is 20.5 Å². The molecule has 116 valence electrons. The van der Waals surface area contributed by atoms with Crippen molar-refractivity contribution in [2.75, 3.05) is 6.79 Å². The topological polar surface area (TPSA) is 73.6 Å². The second kappa shape index (κ2) is 7.00. The number of amides is 1. The standard InChI is InChI=1S/C15H20N2O3.ClH/c16-11-2-4-12(5-3-11)17-15(18)8-10-1-6-13-14(7-10)20-9-19-13;/h1,6-7,11-12H,2-5,8-9,16H2,(H,17,18);1H. The Labute approximate surface area is 130 Å². The molecular weight excluding hydrogens is 292 g/mol. The molecule has 6 heteroatoms. The first-order valence-electron chi connectivity index (χ1n) is 7.14. The first kappa shape index (κ1) is 15.9. The number of hydrogen-bond donors (Lipinski definition) is 2. The number of halogens is 1. The number of benzene rings is 1. The lowest BCUT2D eigenvalue weighted by atomic mass is 9.91. The molecule has 1 aliphatic heterocycles. The normalized spacial score (nSPS) is 23.3. The Kier molecular flexibility index (Phi) is 5.31. The van der Waals surface area contributed by atoms with Gasteiger partial charge in [-0.15, -0.1) is 12.4 Å². The van der Waals surface area contributed by atoms with E-state index in [9.17, 15) is 4.79 Å². The lowest BCUT2D eigenvalue weighted by Gasteiger charge is -2.26. The molecule has 3 N–H and O–H groups in total. The Morgan fingerprint density at radius 1 is 1.19 bits per heavy atom. The first-order chi connectivity index (χ1) is 9.70. The van der Waals surface area contributed by atoms with Crippen molar-refractivity contribution in [1.29, 1.82) is 0 Å². The van der Waals surface area contributed by atoms with Crippen molar-refractivity contribution >= 4 is 18.3 Å². The predicted octanol–water partition coefficient (Wildman–Crippen LogP) is 1.77. The van der Waals surface area contributed by atoms with Crippen LogP contribution in [0.5, 0.6) is 11.5 Å². The smallest absolute Gasteiger partial charge is 0.231 e. The molecule has 1 fully saturated rings. The highest BCUT2D eigenvalue weighted by molar-refractivity contribution is 5.85. The summed E-state index contributed by atoms with van der Waals surface area (Å²) in [6.07, 6.45) is 4.32. The number of fused-ring (bicyclic) bond motifs is 1. The largest absolute Gasteiger partial charge is 0.454 e. The van der Waals surface area contributed by atoms with Crippen LogP contribution >= 0.6 is 12.4 Å². The van der Waals surface area contributed by atoms with Crippen molar-refractivity contribution < 1.29 is 14.3 Å². The number of ether oxygens (including phenoxy) is 2. The number of nitrogens with one attached hydrogen (secondary N) is 1. The van der Waals surface area contributed by atoms with Gasteiger partial charge in [0, 0.05) is 12.1 Å². The van der Waals surface area contributed by atoms with Crippen molar-refractivity contribution in [3.63, 3.8) is 0 Å². The van der Waals surface area contributed by atoms with E-state index in [1.54, 1.807) is 0 Å². The minimum absolute atomic E-state index is 0. The van der Waals surface area contributed by atoms with E-state index in [2.05, 4.69) is 5.32 Å². The van der Waals surface area contributed by atoms with Gasteiger partial charge in [-0.3, -0.25) is 4.79 Å². The van der Waals surface area contributed by atoms with Gasteiger partial charge in [0.2, 0.25) is 12.7 Å². The number of hydrogen-bond acceptors (Lipinski definition) is 4. The van der Waals surface area contributed by atoms with Gasteiger partial charge >= 0.3 is 0 Å². The van der Waals surface area contributed by atoms with Crippen LogP contribution < -0.4 is 20.5 Å². The van der Waals surface area contributed by atoms with Crippen molar-refractivity contribution in [3.05, 3.63) is 23.8 Å². The Morgan fingerprint density at radius 2 is 1.90 bits per heavy atom. The summed E-state index contributed by atoms with van der Waals surface area (Å²) in [5.41, 5.74) is 6.81. The molecular formula is C15H21ClN2O3. The Morgan fingerprint density at radius 3 is 2.67 bits per heavy atom. The highest BCUT2D eigenvalue weighted by Gasteiger charge is 2.20. The van der Waals surface area contributed by atoms with Gasteiger partial charge in [0.25, 0.3) is 0 Å². The quantitative estimate of drug-likeness (QED) is 0.892. The third kappa shape index (κ3) is 4.02. The number of carbonyl (C=O) groups excluding carboxylic acids is 1. The van der Waals surface area contributed by atoms with Gasteiger partial charge in [-0.05, 0) is 43.4 Å². The maximum atomic E-state index is 12.0. The number of nitrogens with two attached hydrogens (primary N) is 1. The van der Waals surface area contributed by atoms with E-state index in [4.69, 9.17) is 15.2 Å². The molecule has 1 aromatic carbocycles. The summed E-state index contributed by atoms with van der Waals surface area (Å²) in [5, 5.41) is 3.09. The molecule has 0 bridgehead atoms. The maximum absolute atomic E-state index is 12.0. The predicted molar refractivity (Wildman–Crippen MR) is 81.9 cm³/mol. The molecule has 1 amide bonds. The van der Waals surface area contributed by atoms with Gasteiger partial charge in [0.1, 0.15) is 0 Å². The van der Waals surface area contributed by atoms with Crippen LogP contribution in [0.1, 0.15) is 31.2 Å². The molecule has 0 spiro atoms. The zero-order valence-corrected chi connectivity index (χ0v) is 12.7. The van der Waals surface area contributed by atoms with E-state index >= 15 is 0 Å². The highest BCUT2D eigenvalue weighted by Crippen LogP contribution is 2.32. The molecule has 0 saturated heterocycles. The molecule has 1 heterocycles. The lowest BCUT2D eigenvalue weighted by molar-refractivity contribution is -0.121. The minimum atomic E-state index is 0. The van der Waals surface area contributed by atoms with Gasteiger partial charge in [0.15, 0.2) is 11.5 Å². The van der Waals surface area contributed by atoms with Crippen molar-refractivity contribution in [2.24, 2.45) is 5.73 Å².